The number of benzene rings is 2. The summed E-state index contributed by atoms with van der Waals surface area (Å²) in [6.07, 6.45) is -1.15. The number of hydrogen-bond acceptors (Lipinski definition) is 8. The summed E-state index contributed by atoms with van der Waals surface area (Å²) in [4.78, 5) is 16.2. The summed E-state index contributed by atoms with van der Waals surface area (Å²) >= 11 is 0. The summed E-state index contributed by atoms with van der Waals surface area (Å²) in [5, 5.41) is 0. The lowest BCUT2D eigenvalue weighted by Gasteiger charge is -2.41. The van der Waals surface area contributed by atoms with Crippen LogP contribution in [0.15, 0.2) is 72.3 Å². The van der Waals surface area contributed by atoms with E-state index >= 15 is 0 Å². The topological polar surface area (TPSA) is 75.7 Å². The Morgan fingerprint density at radius 3 is 2.46 bits per heavy atom. The van der Waals surface area contributed by atoms with Gasteiger partial charge < -0.3 is 28.4 Å². The van der Waals surface area contributed by atoms with Gasteiger partial charge in [-0.25, -0.2) is 0 Å². The molecule has 0 saturated carbocycles. The third-order valence-electron chi connectivity index (χ3n) is 7.37. The van der Waals surface area contributed by atoms with Crippen LogP contribution in [0.2, 0.25) is 0 Å². The van der Waals surface area contributed by atoms with E-state index in [-0.39, 0.29) is 30.6 Å². The molecule has 4 heterocycles. The Morgan fingerprint density at radius 2 is 1.73 bits per heavy atom. The molecule has 6 rings (SSSR count). The minimum absolute atomic E-state index is 0.101. The lowest BCUT2D eigenvalue weighted by atomic mass is 9.94. The van der Waals surface area contributed by atoms with Gasteiger partial charge >= 0.3 is 0 Å². The zero-order valence-electron chi connectivity index (χ0n) is 21.3. The molecule has 4 saturated heterocycles. The Balaban J connectivity index is 1.29. The first-order chi connectivity index (χ1) is 17.9. The molecule has 196 valence electrons. The number of carbonyl (C=O) groups excluding carboxylic acids is 1. The molecule has 0 unspecified atom stereocenters. The molecule has 2 aromatic carbocycles. The average molecular weight is 508 g/mol. The van der Waals surface area contributed by atoms with Crippen molar-refractivity contribution in [3.8, 4) is 0 Å². The van der Waals surface area contributed by atoms with Gasteiger partial charge in [0.15, 0.2) is 30.3 Å². The molecular formula is C29H33NO7. The number of carbonyl (C=O) groups is 1. The predicted octanol–water partition coefficient (Wildman–Crippen LogP) is 3.37. The van der Waals surface area contributed by atoms with Crippen molar-refractivity contribution in [1.29, 1.82) is 0 Å². The third-order valence-corrected chi connectivity index (χ3v) is 7.37. The molecule has 0 radical (unpaired) electrons. The smallest absolute Gasteiger partial charge is 0.195 e. The highest BCUT2D eigenvalue weighted by atomic mass is 16.8. The highest BCUT2D eigenvalue weighted by Gasteiger charge is 2.53. The molecule has 37 heavy (non-hydrogen) atoms. The zero-order chi connectivity index (χ0) is 25.6. The van der Waals surface area contributed by atoms with E-state index in [0.29, 0.717) is 18.7 Å². The van der Waals surface area contributed by atoms with Gasteiger partial charge in [-0.3, -0.25) is 9.69 Å². The summed E-state index contributed by atoms with van der Waals surface area (Å²) in [6, 6.07) is 19.7. The second kappa shape index (κ2) is 10.0. The van der Waals surface area contributed by atoms with Crippen molar-refractivity contribution < 1.29 is 33.2 Å². The number of nitrogens with zero attached hydrogens (tertiary/aromatic N) is 1. The Hall–Kier alpha value is -2.43. The van der Waals surface area contributed by atoms with Crippen molar-refractivity contribution in [2.45, 2.75) is 69.2 Å². The van der Waals surface area contributed by atoms with E-state index in [9.17, 15) is 4.79 Å². The van der Waals surface area contributed by atoms with Crippen molar-refractivity contribution >= 4 is 5.78 Å². The molecule has 8 heteroatoms. The molecule has 0 aliphatic carbocycles. The molecule has 0 bridgehead atoms. The lowest BCUT2D eigenvalue weighted by Crippen LogP contribution is -2.55. The van der Waals surface area contributed by atoms with Crippen LogP contribution in [0, 0.1) is 0 Å². The first-order valence-electron chi connectivity index (χ1n) is 12.8. The fourth-order valence-corrected chi connectivity index (χ4v) is 5.74. The maximum Gasteiger partial charge on any atom is 0.195 e. The highest BCUT2D eigenvalue weighted by molar-refractivity contribution is 6.00. The molecule has 0 aromatic heterocycles. The van der Waals surface area contributed by atoms with Crippen molar-refractivity contribution in [3.05, 3.63) is 83.4 Å². The van der Waals surface area contributed by atoms with Crippen LogP contribution in [0.5, 0.6) is 0 Å². The number of Topliss-reactive ketones (excluding diaryl/α,β-unsaturated/α-hetero) is 1. The van der Waals surface area contributed by atoms with E-state index < -0.39 is 30.6 Å². The van der Waals surface area contributed by atoms with E-state index in [1.54, 1.807) is 7.11 Å². The van der Waals surface area contributed by atoms with Gasteiger partial charge in [-0.1, -0.05) is 66.7 Å². The van der Waals surface area contributed by atoms with Crippen LogP contribution in [0.3, 0.4) is 0 Å². The van der Waals surface area contributed by atoms with Gasteiger partial charge in [-0.05, 0) is 19.4 Å². The molecule has 2 aromatic rings. The fraction of sp³-hybridized carbons (Fsp3) is 0.483. The highest BCUT2D eigenvalue weighted by Crippen LogP contribution is 2.40. The summed E-state index contributed by atoms with van der Waals surface area (Å²) in [7, 11) is 1.54. The zero-order valence-corrected chi connectivity index (χ0v) is 21.3. The quantitative estimate of drug-likeness (QED) is 0.571. The van der Waals surface area contributed by atoms with E-state index in [1.807, 2.05) is 68.5 Å². The fourth-order valence-electron chi connectivity index (χ4n) is 5.74. The van der Waals surface area contributed by atoms with Crippen LogP contribution in [0.1, 0.15) is 31.3 Å². The van der Waals surface area contributed by atoms with Crippen molar-refractivity contribution in [2.75, 3.05) is 20.3 Å². The van der Waals surface area contributed by atoms with Crippen LogP contribution < -0.4 is 0 Å². The number of hydrogen-bond donors (Lipinski definition) is 0. The van der Waals surface area contributed by atoms with Crippen molar-refractivity contribution in [2.24, 2.45) is 0 Å². The second-order valence-corrected chi connectivity index (χ2v) is 10.4. The van der Waals surface area contributed by atoms with Gasteiger partial charge in [0.1, 0.15) is 18.3 Å². The Morgan fingerprint density at radius 1 is 1.00 bits per heavy atom. The summed E-state index contributed by atoms with van der Waals surface area (Å²) < 4.78 is 36.4. The molecule has 7 atom stereocenters. The van der Waals surface area contributed by atoms with Crippen LogP contribution in [0.25, 0.3) is 0 Å². The van der Waals surface area contributed by atoms with Gasteiger partial charge in [-0.15, -0.1) is 0 Å². The largest absolute Gasteiger partial charge is 0.352 e. The van der Waals surface area contributed by atoms with E-state index in [2.05, 4.69) is 17.0 Å². The monoisotopic (exact) mass is 507 g/mol. The van der Waals surface area contributed by atoms with Gasteiger partial charge in [0.05, 0.1) is 18.2 Å². The molecular weight excluding hydrogens is 474 g/mol. The molecule has 0 N–H and O–H groups in total. The third kappa shape index (κ3) is 4.91. The molecule has 4 fully saturated rings. The lowest BCUT2D eigenvalue weighted by molar-refractivity contribution is -0.288. The Labute approximate surface area is 217 Å². The molecule has 4 aliphatic rings. The van der Waals surface area contributed by atoms with Gasteiger partial charge in [-0.2, -0.15) is 0 Å². The van der Waals surface area contributed by atoms with Crippen LogP contribution in [0.4, 0.5) is 0 Å². The predicted molar refractivity (Wildman–Crippen MR) is 133 cm³/mol. The summed E-state index contributed by atoms with van der Waals surface area (Å²) in [5.41, 5.74) is 2.48. The summed E-state index contributed by atoms with van der Waals surface area (Å²) in [5.74, 6) is -0.829. The first kappa shape index (κ1) is 24.9. The number of ether oxygens (including phenoxy) is 6. The van der Waals surface area contributed by atoms with Gasteiger partial charge in [0.2, 0.25) is 0 Å². The van der Waals surface area contributed by atoms with Crippen LogP contribution in [-0.2, 0) is 39.8 Å². The molecule has 0 amide bonds. The van der Waals surface area contributed by atoms with Crippen LogP contribution in [-0.4, -0.2) is 73.5 Å². The standard InChI is InChI=1S/C29H33NO7/c1-29(2)36-22-16-30(15-18-10-6-4-7-11-18)21(25(22)37-29)14-20-24(31)26-23(34-28(20)32-3)17-33-27(35-26)19-12-8-5-9-13-19/h4-14,21-23,25-28H,15-17H2,1-3H3/b20-14+/t21-,22+,23-,25-,26-,27-,28+/m1/s1. The Kier molecular flexibility index (Phi) is 6.75. The minimum atomic E-state index is -0.817. The van der Waals surface area contributed by atoms with Crippen LogP contribution >= 0.6 is 0 Å². The SMILES string of the molecule is CO[C@H]1O[C@@H]2CO[C@@H](c3ccccc3)O[C@H]2C(=O)/C1=C\[C@@H]1[C@H]2OC(C)(C)O[C@H]2CN1Cc1ccccc1. The maximum absolute atomic E-state index is 13.9. The molecule has 8 nitrogen and oxygen atoms in total. The number of fused-ring (bicyclic) bond motifs is 2. The van der Waals surface area contributed by atoms with E-state index in [1.165, 1.54) is 5.56 Å². The maximum atomic E-state index is 13.9. The number of likely N-dealkylation sites (tertiary alicyclic amines) is 1. The Bertz CT molecular complexity index is 1140. The normalized spacial score (nSPS) is 36.5. The van der Waals surface area contributed by atoms with E-state index in [0.717, 1.165) is 5.56 Å². The van der Waals surface area contributed by atoms with Crippen molar-refractivity contribution in [3.63, 3.8) is 0 Å². The minimum Gasteiger partial charge on any atom is -0.352 e. The number of rotatable bonds is 5. The number of methoxy groups -OCH3 is 1. The van der Waals surface area contributed by atoms with Crippen molar-refractivity contribution in [1.82, 2.24) is 4.90 Å². The number of ketones is 1. The average Bonchev–Trinajstić information content (AvgIpc) is 3.37. The van der Waals surface area contributed by atoms with Gasteiger partial charge in [0, 0.05) is 25.8 Å². The first-order valence-corrected chi connectivity index (χ1v) is 12.8. The summed E-state index contributed by atoms with van der Waals surface area (Å²) in [6.45, 7) is 5.48. The second-order valence-electron chi connectivity index (χ2n) is 10.4. The van der Waals surface area contributed by atoms with Gasteiger partial charge in [0.25, 0.3) is 0 Å². The van der Waals surface area contributed by atoms with E-state index in [4.69, 9.17) is 28.4 Å². The molecule has 0 spiro atoms. The molecule has 4 aliphatic heterocycles.